The summed E-state index contributed by atoms with van der Waals surface area (Å²) in [7, 11) is 0. The van der Waals surface area contributed by atoms with Crippen molar-refractivity contribution < 1.29 is 0 Å². The first-order valence-corrected chi connectivity index (χ1v) is 6.48. The number of anilines is 1. The van der Waals surface area contributed by atoms with Crippen molar-refractivity contribution in [3.05, 3.63) is 53.6 Å². The summed E-state index contributed by atoms with van der Waals surface area (Å²) in [4.78, 5) is 0. The van der Waals surface area contributed by atoms with Crippen LogP contribution in [0.2, 0.25) is 5.02 Å². The van der Waals surface area contributed by atoms with E-state index in [4.69, 9.17) is 11.6 Å². The lowest BCUT2D eigenvalue weighted by molar-refractivity contribution is 0.627. The van der Waals surface area contributed by atoms with Crippen LogP contribution in [0.5, 0.6) is 0 Å². The van der Waals surface area contributed by atoms with Crippen molar-refractivity contribution in [2.45, 2.75) is 6.54 Å². The Balaban J connectivity index is 1.65. The Hall–Kier alpha value is -2.07. The number of nitrogens with one attached hydrogen (secondary N) is 1. The van der Waals surface area contributed by atoms with Crippen molar-refractivity contribution in [1.82, 2.24) is 15.0 Å². The number of para-hydroxylation sites is 1. The van der Waals surface area contributed by atoms with Crippen molar-refractivity contribution in [1.29, 1.82) is 0 Å². The number of halogens is 1. The highest BCUT2D eigenvalue weighted by atomic mass is 35.5. The number of aromatic nitrogens is 3. The Bertz CT molecular complexity index is 675. The Morgan fingerprint density at radius 3 is 2.68 bits per heavy atom. The van der Waals surface area contributed by atoms with E-state index < -0.39 is 0 Å². The topological polar surface area (TPSA) is 42.7 Å². The van der Waals surface area contributed by atoms with Gasteiger partial charge in [0.25, 0.3) is 0 Å². The second-order valence-corrected chi connectivity index (χ2v) is 4.67. The van der Waals surface area contributed by atoms with Gasteiger partial charge in [-0.05, 0) is 36.4 Å². The van der Waals surface area contributed by atoms with E-state index in [2.05, 4.69) is 15.6 Å². The normalized spacial score (nSPS) is 10.8. The van der Waals surface area contributed by atoms with Crippen LogP contribution in [0.3, 0.4) is 0 Å². The molecule has 0 unspecified atom stereocenters. The summed E-state index contributed by atoms with van der Waals surface area (Å²) < 4.78 is 1.90. The molecule has 0 radical (unpaired) electrons. The first-order chi connectivity index (χ1) is 9.33. The van der Waals surface area contributed by atoms with Crippen LogP contribution in [-0.2, 0) is 6.54 Å². The second kappa shape index (κ2) is 5.28. The second-order valence-electron chi connectivity index (χ2n) is 4.23. The Labute approximate surface area is 116 Å². The molecule has 3 rings (SSSR count). The quantitative estimate of drug-likeness (QED) is 0.793. The molecule has 1 N–H and O–H groups in total. The minimum Gasteiger partial charge on any atom is -0.383 e. The lowest BCUT2D eigenvalue weighted by Gasteiger charge is -2.06. The lowest BCUT2D eigenvalue weighted by atomic mass is 10.3. The van der Waals surface area contributed by atoms with Crippen molar-refractivity contribution >= 4 is 28.3 Å². The predicted octanol–water partition coefficient (Wildman–Crippen LogP) is 3.20. The molecule has 1 aromatic heterocycles. The summed E-state index contributed by atoms with van der Waals surface area (Å²) >= 11 is 5.84. The van der Waals surface area contributed by atoms with Gasteiger partial charge in [-0.15, -0.1) is 5.10 Å². The maximum absolute atomic E-state index is 5.84. The van der Waals surface area contributed by atoms with E-state index in [1.54, 1.807) is 0 Å². The zero-order valence-electron chi connectivity index (χ0n) is 10.3. The van der Waals surface area contributed by atoms with Crippen LogP contribution in [0.25, 0.3) is 11.0 Å². The van der Waals surface area contributed by atoms with Gasteiger partial charge in [0.15, 0.2) is 0 Å². The van der Waals surface area contributed by atoms with Crippen LogP contribution >= 0.6 is 11.6 Å². The summed E-state index contributed by atoms with van der Waals surface area (Å²) in [5.74, 6) is 0. The van der Waals surface area contributed by atoms with Gasteiger partial charge in [-0.3, -0.25) is 0 Å². The van der Waals surface area contributed by atoms with Crippen molar-refractivity contribution in [2.75, 3.05) is 11.9 Å². The summed E-state index contributed by atoms with van der Waals surface area (Å²) in [6, 6.07) is 15.6. The molecule has 96 valence electrons. The number of hydrogen-bond donors (Lipinski definition) is 1. The maximum Gasteiger partial charge on any atom is 0.113 e. The number of hydrogen-bond acceptors (Lipinski definition) is 3. The molecule has 0 aliphatic carbocycles. The molecule has 0 saturated heterocycles. The molecule has 1 heterocycles. The van der Waals surface area contributed by atoms with E-state index >= 15 is 0 Å². The summed E-state index contributed by atoms with van der Waals surface area (Å²) in [6.45, 7) is 1.55. The molecule has 3 aromatic rings. The van der Waals surface area contributed by atoms with E-state index in [9.17, 15) is 0 Å². The number of nitrogens with zero attached hydrogens (tertiary/aromatic N) is 3. The molecule has 0 bridgehead atoms. The summed E-state index contributed by atoms with van der Waals surface area (Å²) in [5, 5.41) is 12.3. The highest BCUT2D eigenvalue weighted by Crippen LogP contribution is 2.13. The van der Waals surface area contributed by atoms with Crippen molar-refractivity contribution in [2.24, 2.45) is 0 Å². The van der Waals surface area contributed by atoms with Gasteiger partial charge in [-0.25, -0.2) is 4.68 Å². The first kappa shape index (κ1) is 12.0. The first-order valence-electron chi connectivity index (χ1n) is 6.10. The standard InChI is InChI=1S/C14H13ClN4/c15-11-5-7-12(8-6-11)16-9-10-19-14-4-2-1-3-13(14)17-18-19/h1-8,16H,9-10H2. The molecule has 0 fully saturated rings. The van der Waals surface area contributed by atoms with Gasteiger partial charge in [0.1, 0.15) is 5.52 Å². The number of rotatable bonds is 4. The van der Waals surface area contributed by atoms with Crippen LogP contribution in [-0.4, -0.2) is 21.5 Å². The fourth-order valence-corrected chi connectivity index (χ4v) is 2.08. The third kappa shape index (κ3) is 2.69. The smallest absolute Gasteiger partial charge is 0.113 e. The largest absolute Gasteiger partial charge is 0.383 e. The van der Waals surface area contributed by atoms with Crippen LogP contribution in [0, 0.1) is 0 Å². The van der Waals surface area contributed by atoms with Gasteiger partial charge in [0.05, 0.1) is 12.1 Å². The average Bonchev–Trinajstić information content (AvgIpc) is 2.85. The molecule has 0 aliphatic rings. The maximum atomic E-state index is 5.84. The van der Waals surface area contributed by atoms with Gasteiger partial charge in [0, 0.05) is 17.3 Å². The molecular weight excluding hydrogens is 260 g/mol. The molecule has 5 heteroatoms. The van der Waals surface area contributed by atoms with E-state index in [0.717, 1.165) is 34.8 Å². The van der Waals surface area contributed by atoms with Crippen LogP contribution in [0.4, 0.5) is 5.69 Å². The third-order valence-electron chi connectivity index (χ3n) is 2.92. The van der Waals surface area contributed by atoms with Gasteiger partial charge in [0.2, 0.25) is 0 Å². The molecule has 0 spiro atoms. The molecule has 19 heavy (non-hydrogen) atoms. The highest BCUT2D eigenvalue weighted by Gasteiger charge is 2.02. The van der Waals surface area contributed by atoms with Crippen molar-refractivity contribution in [3.63, 3.8) is 0 Å². The molecule has 4 nitrogen and oxygen atoms in total. The monoisotopic (exact) mass is 272 g/mol. The van der Waals surface area contributed by atoms with E-state index in [-0.39, 0.29) is 0 Å². The number of benzene rings is 2. The van der Waals surface area contributed by atoms with Gasteiger partial charge in [-0.1, -0.05) is 28.9 Å². The zero-order valence-corrected chi connectivity index (χ0v) is 11.0. The molecule has 0 atom stereocenters. The van der Waals surface area contributed by atoms with Gasteiger partial charge in [-0.2, -0.15) is 0 Å². The number of fused-ring (bicyclic) bond motifs is 1. The predicted molar refractivity (Wildman–Crippen MR) is 77.5 cm³/mol. The van der Waals surface area contributed by atoms with Crippen molar-refractivity contribution in [3.8, 4) is 0 Å². The van der Waals surface area contributed by atoms with Crippen LogP contribution in [0.15, 0.2) is 48.5 Å². The fraction of sp³-hybridized carbons (Fsp3) is 0.143. The van der Waals surface area contributed by atoms with Gasteiger partial charge < -0.3 is 5.32 Å². The molecular formula is C14H13ClN4. The minimum absolute atomic E-state index is 0.743. The third-order valence-corrected chi connectivity index (χ3v) is 3.17. The van der Waals surface area contributed by atoms with E-state index in [1.165, 1.54) is 0 Å². The minimum atomic E-state index is 0.743. The zero-order chi connectivity index (χ0) is 13.1. The van der Waals surface area contributed by atoms with Gasteiger partial charge >= 0.3 is 0 Å². The van der Waals surface area contributed by atoms with Crippen LogP contribution in [0.1, 0.15) is 0 Å². The van der Waals surface area contributed by atoms with Crippen LogP contribution < -0.4 is 5.32 Å². The average molecular weight is 273 g/mol. The Kier molecular flexibility index (Phi) is 3.33. The molecule has 0 aliphatic heterocycles. The fourth-order valence-electron chi connectivity index (χ4n) is 1.96. The summed E-state index contributed by atoms with van der Waals surface area (Å²) in [6.07, 6.45) is 0. The van der Waals surface area contributed by atoms with E-state index in [1.807, 2.05) is 53.2 Å². The Morgan fingerprint density at radius 2 is 1.84 bits per heavy atom. The van der Waals surface area contributed by atoms with E-state index in [0.29, 0.717) is 0 Å². The highest BCUT2D eigenvalue weighted by molar-refractivity contribution is 6.30. The molecule has 0 amide bonds. The molecule has 2 aromatic carbocycles. The summed E-state index contributed by atoms with van der Waals surface area (Å²) in [5.41, 5.74) is 3.03. The SMILES string of the molecule is Clc1ccc(NCCn2nnc3ccccc32)cc1. The Morgan fingerprint density at radius 1 is 1.05 bits per heavy atom. The lowest BCUT2D eigenvalue weighted by Crippen LogP contribution is -2.11. The molecule has 0 saturated carbocycles.